The summed E-state index contributed by atoms with van der Waals surface area (Å²) in [6.07, 6.45) is -0.0264. The fraction of sp³-hybridized carbons (Fsp3) is 0.286. The molecule has 0 aliphatic carbocycles. The number of nitrogens with one attached hydrogen (secondary N) is 2. The van der Waals surface area contributed by atoms with Crippen LogP contribution >= 0.6 is 11.6 Å². The molecule has 2 aromatic rings. The number of methoxy groups -OCH3 is 1. The SMILES string of the molecule is COc1ccc(C[C@@H](NC(=O)[C@H](Cc2cccc(F)c2)NC(C)=O)C(=O)O)cc1Cl. The molecule has 0 saturated heterocycles. The van der Waals surface area contributed by atoms with Gasteiger partial charge in [0.05, 0.1) is 12.1 Å². The van der Waals surface area contributed by atoms with Crippen LogP contribution in [0.2, 0.25) is 5.02 Å². The molecule has 2 atom stereocenters. The third-order valence-corrected chi connectivity index (χ3v) is 4.59. The fourth-order valence-corrected chi connectivity index (χ4v) is 3.18. The van der Waals surface area contributed by atoms with Crippen LogP contribution in [0.4, 0.5) is 4.39 Å². The topological polar surface area (TPSA) is 105 Å². The van der Waals surface area contributed by atoms with Gasteiger partial charge in [0, 0.05) is 19.8 Å². The van der Waals surface area contributed by atoms with E-state index in [-0.39, 0.29) is 12.8 Å². The number of rotatable bonds is 9. The number of hydrogen-bond donors (Lipinski definition) is 3. The van der Waals surface area contributed by atoms with Gasteiger partial charge in [-0.1, -0.05) is 29.8 Å². The van der Waals surface area contributed by atoms with Crippen LogP contribution in [0, 0.1) is 5.82 Å². The first-order valence-electron chi connectivity index (χ1n) is 9.06. The average molecular weight is 437 g/mol. The quantitative estimate of drug-likeness (QED) is 0.559. The molecule has 7 nitrogen and oxygen atoms in total. The number of carbonyl (C=O) groups is 3. The molecular formula is C21H22ClFN2O5. The van der Waals surface area contributed by atoms with Gasteiger partial charge in [-0.3, -0.25) is 9.59 Å². The molecule has 0 saturated carbocycles. The average Bonchev–Trinajstić information content (AvgIpc) is 2.66. The van der Waals surface area contributed by atoms with Gasteiger partial charge in [0.2, 0.25) is 11.8 Å². The highest BCUT2D eigenvalue weighted by molar-refractivity contribution is 6.32. The molecule has 0 radical (unpaired) electrons. The van der Waals surface area contributed by atoms with Crippen LogP contribution in [0.25, 0.3) is 0 Å². The summed E-state index contributed by atoms with van der Waals surface area (Å²) in [5, 5.41) is 14.8. The molecule has 3 N–H and O–H groups in total. The molecule has 160 valence electrons. The fourth-order valence-electron chi connectivity index (χ4n) is 2.90. The Morgan fingerprint density at radius 1 is 1.07 bits per heavy atom. The minimum atomic E-state index is -1.26. The first-order chi connectivity index (χ1) is 14.2. The van der Waals surface area contributed by atoms with E-state index in [0.29, 0.717) is 21.9 Å². The minimum Gasteiger partial charge on any atom is -0.495 e. The lowest BCUT2D eigenvalue weighted by Crippen LogP contribution is -2.52. The van der Waals surface area contributed by atoms with Gasteiger partial charge in [-0.25, -0.2) is 9.18 Å². The third kappa shape index (κ3) is 6.73. The Kier molecular flexibility index (Phi) is 8.17. The number of aliphatic carboxylic acids is 1. The predicted molar refractivity (Wildman–Crippen MR) is 109 cm³/mol. The molecule has 0 aromatic heterocycles. The molecule has 0 aliphatic rings. The van der Waals surface area contributed by atoms with Crippen molar-refractivity contribution in [3.63, 3.8) is 0 Å². The number of carbonyl (C=O) groups excluding carboxylic acids is 2. The third-order valence-electron chi connectivity index (χ3n) is 4.29. The summed E-state index contributed by atoms with van der Waals surface area (Å²) in [6, 6.07) is 8.08. The molecule has 9 heteroatoms. The monoisotopic (exact) mass is 436 g/mol. The number of amides is 2. The summed E-state index contributed by atoms with van der Waals surface area (Å²) in [6.45, 7) is 1.24. The van der Waals surface area contributed by atoms with Crippen LogP contribution in [-0.2, 0) is 27.2 Å². The maximum Gasteiger partial charge on any atom is 0.326 e. The van der Waals surface area contributed by atoms with Gasteiger partial charge >= 0.3 is 5.97 Å². The van der Waals surface area contributed by atoms with E-state index in [1.165, 1.54) is 32.2 Å². The van der Waals surface area contributed by atoms with Crippen LogP contribution < -0.4 is 15.4 Å². The summed E-state index contributed by atoms with van der Waals surface area (Å²) < 4.78 is 18.5. The van der Waals surface area contributed by atoms with Gasteiger partial charge in [-0.05, 0) is 35.4 Å². The van der Waals surface area contributed by atoms with Crippen molar-refractivity contribution in [2.24, 2.45) is 0 Å². The van der Waals surface area contributed by atoms with Gasteiger partial charge in [-0.15, -0.1) is 0 Å². The van der Waals surface area contributed by atoms with E-state index in [9.17, 15) is 23.9 Å². The van der Waals surface area contributed by atoms with E-state index in [0.717, 1.165) is 0 Å². The lowest BCUT2D eigenvalue weighted by atomic mass is 10.0. The number of hydrogen-bond acceptors (Lipinski definition) is 4. The molecule has 0 unspecified atom stereocenters. The van der Waals surface area contributed by atoms with E-state index in [4.69, 9.17) is 16.3 Å². The highest BCUT2D eigenvalue weighted by atomic mass is 35.5. The van der Waals surface area contributed by atoms with Crippen molar-refractivity contribution in [1.82, 2.24) is 10.6 Å². The van der Waals surface area contributed by atoms with Crippen LogP contribution in [0.1, 0.15) is 18.1 Å². The summed E-state index contributed by atoms with van der Waals surface area (Å²) in [5.74, 6) is -2.45. The molecule has 2 aromatic carbocycles. The van der Waals surface area contributed by atoms with Crippen molar-refractivity contribution in [3.05, 3.63) is 64.4 Å². The summed E-state index contributed by atoms with van der Waals surface area (Å²) >= 11 is 6.07. The van der Waals surface area contributed by atoms with Crippen LogP contribution in [0.15, 0.2) is 42.5 Å². The van der Waals surface area contributed by atoms with Crippen LogP contribution in [0.3, 0.4) is 0 Å². The summed E-state index contributed by atoms with van der Waals surface area (Å²) in [4.78, 5) is 35.9. The Morgan fingerprint density at radius 2 is 1.73 bits per heavy atom. The highest BCUT2D eigenvalue weighted by Gasteiger charge is 2.26. The normalized spacial score (nSPS) is 12.5. The zero-order valence-electron chi connectivity index (χ0n) is 16.4. The Hall–Kier alpha value is -3.13. The number of carboxylic acid groups (broad SMARTS) is 1. The van der Waals surface area contributed by atoms with Crippen LogP contribution in [-0.4, -0.2) is 42.1 Å². The van der Waals surface area contributed by atoms with Gasteiger partial charge in [0.15, 0.2) is 0 Å². The van der Waals surface area contributed by atoms with Gasteiger partial charge in [0.1, 0.15) is 23.7 Å². The zero-order valence-corrected chi connectivity index (χ0v) is 17.2. The predicted octanol–water partition coefficient (Wildman–Crippen LogP) is 2.35. The summed E-state index contributed by atoms with van der Waals surface area (Å²) in [5.41, 5.74) is 1.06. The molecule has 30 heavy (non-hydrogen) atoms. The van der Waals surface area contributed by atoms with E-state index >= 15 is 0 Å². The smallest absolute Gasteiger partial charge is 0.326 e. The van der Waals surface area contributed by atoms with Crippen molar-refractivity contribution >= 4 is 29.4 Å². The maximum absolute atomic E-state index is 13.4. The Morgan fingerprint density at radius 3 is 2.30 bits per heavy atom. The molecule has 0 aliphatic heterocycles. The standard InChI is InChI=1S/C21H22ClFN2O5/c1-12(26)24-17(10-13-4-3-5-15(23)8-13)20(27)25-18(21(28)29)11-14-6-7-19(30-2)16(22)9-14/h3-9,17-18H,10-11H2,1-2H3,(H,24,26)(H,25,27)(H,28,29)/t17-,18+/m0/s1. The molecule has 0 bridgehead atoms. The maximum atomic E-state index is 13.4. The minimum absolute atomic E-state index is 0.00385. The van der Waals surface area contributed by atoms with Crippen molar-refractivity contribution in [3.8, 4) is 5.75 Å². The summed E-state index contributed by atoms with van der Waals surface area (Å²) in [7, 11) is 1.46. The first-order valence-corrected chi connectivity index (χ1v) is 9.44. The lowest BCUT2D eigenvalue weighted by Gasteiger charge is -2.21. The second kappa shape index (κ2) is 10.6. The van der Waals surface area contributed by atoms with E-state index < -0.39 is 35.7 Å². The molecule has 2 amide bonds. The number of halogens is 2. The Labute approximate surface area is 178 Å². The number of benzene rings is 2. The van der Waals surface area contributed by atoms with Crippen LogP contribution in [0.5, 0.6) is 5.75 Å². The van der Waals surface area contributed by atoms with Gasteiger partial charge in [-0.2, -0.15) is 0 Å². The first kappa shape index (κ1) is 23.2. The second-order valence-electron chi connectivity index (χ2n) is 6.66. The molecule has 0 fully saturated rings. The molecular weight excluding hydrogens is 415 g/mol. The largest absolute Gasteiger partial charge is 0.495 e. The van der Waals surface area contributed by atoms with E-state index in [1.54, 1.807) is 24.3 Å². The molecule has 0 spiro atoms. The van der Waals surface area contributed by atoms with Gasteiger partial charge < -0.3 is 20.5 Å². The van der Waals surface area contributed by atoms with Crippen molar-refractivity contribution in [2.45, 2.75) is 31.8 Å². The van der Waals surface area contributed by atoms with Crippen molar-refractivity contribution in [1.29, 1.82) is 0 Å². The number of carboxylic acids is 1. The molecule has 2 rings (SSSR count). The Balaban J connectivity index is 2.15. The Bertz CT molecular complexity index is 937. The second-order valence-corrected chi connectivity index (χ2v) is 7.07. The van der Waals surface area contributed by atoms with Gasteiger partial charge in [0.25, 0.3) is 0 Å². The lowest BCUT2D eigenvalue weighted by molar-refractivity contribution is -0.142. The highest BCUT2D eigenvalue weighted by Crippen LogP contribution is 2.25. The molecule has 0 heterocycles. The number of ether oxygens (including phenoxy) is 1. The van der Waals surface area contributed by atoms with Crippen molar-refractivity contribution < 1.29 is 28.6 Å². The van der Waals surface area contributed by atoms with Crippen molar-refractivity contribution in [2.75, 3.05) is 7.11 Å². The van der Waals surface area contributed by atoms with E-state index in [2.05, 4.69) is 10.6 Å². The van der Waals surface area contributed by atoms with E-state index in [1.807, 2.05) is 0 Å². The zero-order chi connectivity index (χ0) is 22.3.